The third-order valence-corrected chi connectivity index (χ3v) is 6.12. The number of amides is 1. The van der Waals surface area contributed by atoms with E-state index in [9.17, 15) is 13.2 Å². The van der Waals surface area contributed by atoms with Crippen LogP contribution >= 0.6 is 0 Å². The summed E-state index contributed by atoms with van der Waals surface area (Å²) in [5.41, 5.74) is 3.43. The largest absolute Gasteiger partial charge is 0.345 e. The van der Waals surface area contributed by atoms with Crippen LogP contribution in [0.4, 0.5) is 5.69 Å². The third-order valence-electron chi connectivity index (χ3n) is 4.88. The first kappa shape index (κ1) is 22.5. The van der Waals surface area contributed by atoms with Crippen molar-refractivity contribution in [3.63, 3.8) is 0 Å². The molecule has 1 N–H and O–H groups in total. The van der Waals surface area contributed by atoms with Gasteiger partial charge < -0.3 is 9.84 Å². The van der Waals surface area contributed by atoms with Gasteiger partial charge in [0.05, 0.1) is 18.5 Å². The number of anilines is 1. The van der Waals surface area contributed by atoms with Crippen molar-refractivity contribution in [1.29, 1.82) is 0 Å². The van der Waals surface area contributed by atoms with Gasteiger partial charge in [-0.25, -0.2) is 8.42 Å². The summed E-state index contributed by atoms with van der Waals surface area (Å²) in [6.45, 7) is 5.53. The van der Waals surface area contributed by atoms with Gasteiger partial charge in [0.1, 0.15) is 6.04 Å². The van der Waals surface area contributed by atoms with Crippen LogP contribution in [-0.2, 0) is 27.8 Å². The lowest BCUT2D eigenvalue weighted by Gasteiger charge is -2.28. The molecule has 0 spiro atoms. The number of carbonyl (C=O) groups is 1. The fourth-order valence-corrected chi connectivity index (χ4v) is 4.32. The maximum absolute atomic E-state index is 12.7. The van der Waals surface area contributed by atoms with Gasteiger partial charge >= 0.3 is 0 Å². The van der Waals surface area contributed by atoms with Crippen molar-refractivity contribution in [2.24, 2.45) is 0 Å². The van der Waals surface area contributed by atoms with E-state index in [1.54, 1.807) is 12.1 Å². The van der Waals surface area contributed by atoms with Crippen molar-refractivity contribution in [3.05, 3.63) is 65.5 Å². The molecule has 0 saturated carbocycles. The number of aromatic nitrogens is 2. The first-order chi connectivity index (χ1) is 14.7. The smallest absolute Gasteiger partial charge is 0.246 e. The summed E-state index contributed by atoms with van der Waals surface area (Å²) in [5, 5.41) is 6.61. The summed E-state index contributed by atoms with van der Waals surface area (Å²) >= 11 is 0. The lowest BCUT2D eigenvalue weighted by Crippen LogP contribution is -2.47. The van der Waals surface area contributed by atoms with Gasteiger partial charge in [-0.05, 0) is 38.0 Å². The highest BCUT2D eigenvalue weighted by Crippen LogP contribution is 2.22. The van der Waals surface area contributed by atoms with Gasteiger partial charge in [0.15, 0.2) is 0 Å². The second-order valence-corrected chi connectivity index (χ2v) is 9.21. The number of hydrogen-bond acceptors (Lipinski definition) is 6. The SMILES string of the molecule is CCc1ccc(N([C@@H](C)C(=O)NCc2nc(-c3ccc(C)cc3)no2)S(C)(=O)=O)cc1. The van der Waals surface area contributed by atoms with Gasteiger partial charge in [0.2, 0.25) is 27.6 Å². The minimum atomic E-state index is -3.68. The molecule has 31 heavy (non-hydrogen) atoms. The maximum atomic E-state index is 12.7. The van der Waals surface area contributed by atoms with Crippen LogP contribution in [-0.4, -0.2) is 36.8 Å². The molecule has 2 aromatic carbocycles. The summed E-state index contributed by atoms with van der Waals surface area (Å²) in [7, 11) is -3.68. The second kappa shape index (κ2) is 9.30. The Hall–Kier alpha value is -3.20. The molecule has 0 radical (unpaired) electrons. The monoisotopic (exact) mass is 442 g/mol. The summed E-state index contributed by atoms with van der Waals surface area (Å²) in [6.07, 6.45) is 1.92. The molecule has 8 nitrogen and oxygen atoms in total. The van der Waals surface area contributed by atoms with E-state index >= 15 is 0 Å². The summed E-state index contributed by atoms with van der Waals surface area (Å²) in [6, 6.07) is 13.8. The van der Waals surface area contributed by atoms with E-state index in [4.69, 9.17) is 4.52 Å². The minimum absolute atomic E-state index is 0.00555. The Labute approximate surface area is 182 Å². The van der Waals surface area contributed by atoms with Gasteiger partial charge in [-0.1, -0.05) is 54.0 Å². The lowest BCUT2D eigenvalue weighted by molar-refractivity contribution is -0.122. The van der Waals surface area contributed by atoms with Gasteiger partial charge in [0.25, 0.3) is 0 Å². The van der Waals surface area contributed by atoms with Crippen LogP contribution in [0.1, 0.15) is 30.9 Å². The van der Waals surface area contributed by atoms with Crippen molar-refractivity contribution in [3.8, 4) is 11.4 Å². The molecule has 0 aliphatic heterocycles. The van der Waals surface area contributed by atoms with Crippen LogP contribution in [0.25, 0.3) is 11.4 Å². The van der Waals surface area contributed by atoms with Gasteiger partial charge in [-0.3, -0.25) is 9.10 Å². The Morgan fingerprint density at radius 1 is 1.13 bits per heavy atom. The number of benzene rings is 2. The first-order valence-corrected chi connectivity index (χ1v) is 11.8. The van der Waals surface area contributed by atoms with Crippen molar-refractivity contribution in [2.75, 3.05) is 10.6 Å². The molecule has 1 heterocycles. The van der Waals surface area contributed by atoms with Gasteiger partial charge in [-0.2, -0.15) is 4.98 Å². The van der Waals surface area contributed by atoms with E-state index in [0.717, 1.165) is 33.7 Å². The average Bonchev–Trinajstić information content (AvgIpc) is 3.21. The normalized spacial score (nSPS) is 12.4. The molecule has 0 unspecified atom stereocenters. The van der Waals surface area contributed by atoms with E-state index in [-0.39, 0.29) is 12.4 Å². The number of rotatable bonds is 8. The molecular formula is C22H26N4O4S. The number of hydrogen-bond donors (Lipinski definition) is 1. The molecule has 1 amide bonds. The Kier molecular flexibility index (Phi) is 6.74. The molecule has 3 aromatic rings. The Morgan fingerprint density at radius 2 is 1.77 bits per heavy atom. The minimum Gasteiger partial charge on any atom is -0.345 e. The zero-order valence-electron chi connectivity index (χ0n) is 18.0. The van der Waals surface area contributed by atoms with Crippen molar-refractivity contribution < 1.29 is 17.7 Å². The van der Waals surface area contributed by atoms with Crippen molar-refractivity contribution in [2.45, 2.75) is 39.8 Å². The molecule has 9 heteroatoms. The molecule has 1 atom stereocenters. The molecule has 0 aliphatic carbocycles. The van der Waals surface area contributed by atoms with Crippen molar-refractivity contribution in [1.82, 2.24) is 15.5 Å². The van der Waals surface area contributed by atoms with E-state index in [1.807, 2.05) is 50.2 Å². The van der Waals surface area contributed by atoms with Crippen molar-refractivity contribution >= 4 is 21.6 Å². The highest BCUT2D eigenvalue weighted by Gasteiger charge is 2.29. The van der Waals surface area contributed by atoms with E-state index in [1.165, 1.54) is 6.92 Å². The van der Waals surface area contributed by atoms with E-state index < -0.39 is 22.0 Å². The van der Waals surface area contributed by atoms with Crippen LogP contribution in [0.3, 0.4) is 0 Å². The molecule has 3 rings (SSSR count). The van der Waals surface area contributed by atoms with E-state index in [2.05, 4.69) is 15.5 Å². The summed E-state index contributed by atoms with van der Waals surface area (Å²) in [4.78, 5) is 17.0. The fourth-order valence-electron chi connectivity index (χ4n) is 3.14. The average molecular weight is 443 g/mol. The predicted molar refractivity (Wildman–Crippen MR) is 119 cm³/mol. The van der Waals surface area contributed by atoms with Crippen LogP contribution in [0.15, 0.2) is 53.1 Å². The lowest BCUT2D eigenvalue weighted by atomic mass is 10.1. The Morgan fingerprint density at radius 3 is 2.35 bits per heavy atom. The fraction of sp³-hybridized carbons (Fsp3) is 0.318. The number of carbonyl (C=O) groups excluding carboxylic acids is 1. The molecule has 0 aliphatic rings. The van der Waals surface area contributed by atoms with Crippen LogP contribution in [0.2, 0.25) is 0 Å². The van der Waals surface area contributed by atoms with Crippen LogP contribution < -0.4 is 9.62 Å². The summed E-state index contributed by atoms with van der Waals surface area (Å²) in [5.74, 6) is 0.181. The topological polar surface area (TPSA) is 105 Å². The standard InChI is InChI=1S/C22H26N4O4S/c1-5-17-8-12-19(13-9-17)26(31(4,28)29)16(3)22(27)23-14-20-24-21(25-30-20)18-10-6-15(2)7-11-18/h6-13,16H,5,14H2,1-4H3,(H,23,27)/t16-/m0/s1. The zero-order valence-corrected chi connectivity index (χ0v) is 18.8. The summed E-state index contributed by atoms with van der Waals surface area (Å²) < 4.78 is 31.1. The number of nitrogens with zero attached hydrogens (tertiary/aromatic N) is 3. The quantitative estimate of drug-likeness (QED) is 0.575. The number of aryl methyl sites for hydroxylation is 2. The zero-order chi connectivity index (χ0) is 22.6. The highest BCUT2D eigenvalue weighted by molar-refractivity contribution is 7.92. The Balaban J connectivity index is 1.70. The molecule has 0 saturated heterocycles. The van der Waals surface area contributed by atoms with Crippen LogP contribution in [0, 0.1) is 6.92 Å². The Bertz CT molecular complexity index is 1140. The predicted octanol–water partition coefficient (Wildman–Crippen LogP) is 3.08. The number of sulfonamides is 1. The van der Waals surface area contributed by atoms with Crippen LogP contribution in [0.5, 0.6) is 0 Å². The molecule has 1 aromatic heterocycles. The maximum Gasteiger partial charge on any atom is 0.246 e. The molecule has 0 bridgehead atoms. The molecule has 0 fully saturated rings. The number of nitrogens with one attached hydrogen (secondary N) is 1. The second-order valence-electron chi connectivity index (χ2n) is 7.35. The third kappa shape index (κ3) is 5.49. The van der Waals surface area contributed by atoms with E-state index in [0.29, 0.717) is 11.5 Å². The highest BCUT2D eigenvalue weighted by atomic mass is 32.2. The molecule has 164 valence electrons. The van der Waals surface area contributed by atoms with Gasteiger partial charge in [0, 0.05) is 5.56 Å². The first-order valence-electron chi connectivity index (χ1n) is 9.94. The van der Waals surface area contributed by atoms with Gasteiger partial charge in [-0.15, -0.1) is 0 Å². The molecular weight excluding hydrogens is 416 g/mol.